The van der Waals surface area contributed by atoms with Crippen molar-refractivity contribution in [2.75, 3.05) is 43.4 Å². The van der Waals surface area contributed by atoms with E-state index in [1.165, 1.54) is 11.1 Å². The molecule has 9 heteroatoms. The first-order chi connectivity index (χ1) is 20.6. The standard InChI is InChI=1S/C33H35N9/c1-24-7-5-13-35-33(24)40-17-15-39(16-18-40)14-6-10-28-20-29(31-32(34)36-23-37-42(28)31)26-11-12-27-22-41(38-30(27)19-26)21-25-8-3-2-4-9-25/h2-5,7-9,11-13,19-20,22-23H,6,10,14-18,21H2,1H3,(H2,34,36,37). The van der Waals surface area contributed by atoms with Crippen LogP contribution in [0.4, 0.5) is 11.6 Å². The summed E-state index contributed by atoms with van der Waals surface area (Å²) >= 11 is 0. The molecule has 0 bridgehead atoms. The molecule has 2 N–H and O–H groups in total. The predicted molar refractivity (Wildman–Crippen MR) is 168 cm³/mol. The lowest BCUT2D eigenvalue weighted by molar-refractivity contribution is 0.254. The van der Waals surface area contributed by atoms with E-state index in [0.717, 1.165) is 91.2 Å². The Hall–Kier alpha value is -4.76. The van der Waals surface area contributed by atoms with Gasteiger partial charge in [0.05, 0.1) is 12.1 Å². The third-order valence-corrected chi connectivity index (χ3v) is 8.27. The monoisotopic (exact) mass is 557 g/mol. The summed E-state index contributed by atoms with van der Waals surface area (Å²) in [7, 11) is 0. The molecule has 1 aliphatic heterocycles. The number of pyridine rings is 1. The molecule has 1 saturated heterocycles. The number of aromatic nitrogens is 6. The Morgan fingerprint density at radius 3 is 2.60 bits per heavy atom. The van der Waals surface area contributed by atoms with Crippen LogP contribution in [-0.4, -0.2) is 67.0 Å². The van der Waals surface area contributed by atoms with E-state index < -0.39 is 0 Å². The van der Waals surface area contributed by atoms with Crippen molar-refractivity contribution in [3.8, 4) is 11.1 Å². The van der Waals surface area contributed by atoms with Crippen molar-refractivity contribution in [1.29, 1.82) is 0 Å². The SMILES string of the molecule is Cc1cccnc1N1CCN(CCCc2cc(-c3ccc4cn(Cc5ccccc5)nc4c3)c3c(N)ncnn23)CC1. The molecular weight excluding hydrogens is 522 g/mol. The molecule has 1 aliphatic rings. The van der Waals surface area contributed by atoms with Gasteiger partial charge in [-0.1, -0.05) is 48.5 Å². The summed E-state index contributed by atoms with van der Waals surface area (Å²) in [6, 6.07) is 23.2. The number of hydrogen-bond acceptors (Lipinski definition) is 7. The highest BCUT2D eigenvalue weighted by Crippen LogP contribution is 2.32. The Bertz CT molecular complexity index is 1830. The van der Waals surface area contributed by atoms with Crippen molar-refractivity contribution in [2.24, 2.45) is 0 Å². The van der Waals surface area contributed by atoms with E-state index in [0.29, 0.717) is 5.82 Å². The molecule has 0 aliphatic carbocycles. The fourth-order valence-electron chi connectivity index (χ4n) is 6.09. The van der Waals surface area contributed by atoms with E-state index in [-0.39, 0.29) is 0 Å². The number of benzene rings is 2. The molecule has 2 aromatic carbocycles. The number of fused-ring (bicyclic) bond motifs is 2. The van der Waals surface area contributed by atoms with Gasteiger partial charge in [-0.2, -0.15) is 10.2 Å². The maximum atomic E-state index is 6.42. The number of nitrogen functional groups attached to an aromatic ring is 1. The summed E-state index contributed by atoms with van der Waals surface area (Å²) in [4.78, 5) is 13.9. The molecule has 42 heavy (non-hydrogen) atoms. The lowest BCUT2D eigenvalue weighted by Crippen LogP contribution is -2.47. The number of aryl methyl sites for hydroxylation is 2. The van der Waals surface area contributed by atoms with E-state index in [2.05, 4.69) is 92.6 Å². The van der Waals surface area contributed by atoms with Gasteiger partial charge in [0.15, 0.2) is 5.82 Å². The van der Waals surface area contributed by atoms with E-state index in [9.17, 15) is 0 Å². The minimum absolute atomic E-state index is 0.488. The van der Waals surface area contributed by atoms with Gasteiger partial charge < -0.3 is 10.6 Å². The van der Waals surface area contributed by atoms with Gasteiger partial charge in [0.2, 0.25) is 0 Å². The summed E-state index contributed by atoms with van der Waals surface area (Å²) in [6.45, 7) is 8.01. The fraction of sp³-hybridized carbons (Fsp3) is 0.273. The zero-order valence-electron chi connectivity index (χ0n) is 23.9. The fourth-order valence-corrected chi connectivity index (χ4v) is 6.09. The van der Waals surface area contributed by atoms with Crippen molar-refractivity contribution < 1.29 is 0 Å². The zero-order chi connectivity index (χ0) is 28.5. The van der Waals surface area contributed by atoms with Crippen LogP contribution in [0.2, 0.25) is 0 Å². The summed E-state index contributed by atoms with van der Waals surface area (Å²) < 4.78 is 3.97. The first kappa shape index (κ1) is 26.2. The number of anilines is 2. The molecule has 4 aromatic heterocycles. The Balaban J connectivity index is 1.06. The second-order valence-electron chi connectivity index (χ2n) is 11.1. The maximum Gasteiger partial charge on any atom is 0.151 e. The molecule has 0 spiro atoms. The van der Waals surface area contributed by atoms with Crippen LogP contribution >= 0.6 is 0 Å². The molecule has 0 radical (unpaired) electrons. The number of rotatable bonds is 8. The van der Waals surface area contributed by atoms with Crippen molar-refractivity contribution in [2.45, 2.75) is 26.3 Å². The first-order valence-corrected chi connectivity index (χ1v) is 14.6. The van der Waals surface area contributed by atoms with Gasteiger partial charge in [-0.3, -0.25) is 9.58 Å². The molecule has 212 valence electrons. The third-order valence-electron chi connectivity index (χ3n) is 8.27. The molecule has 0 saturated carbocycles. The highest BCUT2D eigenvalue weighted by atomic mass is 15.3. The number of hydrogen-bond donors (Lipinski definition) is 1. The van der Waals surface area contributed by atoms with Crippen LogP contribution in [0, 0.1) is 6.92 Å². The third kappa shape index (κ3) is 5.19. The quantitative estimate of drug-likeness (QED) is 0.286. The average Bonchev–Trinajstić information content (AvgIpc) is 3.59. The molecule has 0 atom stereocenters. The van der Waals surface area contributed by atoms with Crippen LogP contribution in [0.3, 0.4) is 0 Å². The normalized spacial score (nSPS) is 14.3. The van der Waals surface area contributed by atoms with Crippen molar-refractivity contribution in [3.63, 3.8) is 0 Å². The van der Waals surface area contributed by atoms with Gasteiger partial charge in [0.25, 0.3) is 0 Å². The van der Waals surface area contributed by atoms with Crippen LogP contribution in [0.25, 0.3) is 27.5 Å². The van der Waals surface area contributed by atoms with Gasteiger partial charge in [0, 0.05) is 55.2 Å². The van der Waals surface area contributed by atoms with Gasteiger partial charge in [-0.05, 0) is 61.2 Å². The highest BCUT2D eigenvalue weighted by Gasteiger charge is 2.20. The van der Waals surface area contributed by atoms with Gasteiger partial charge in [-0.25, -0.2) is 14.5 Å². The van der Waals surface area contributed by atoms with E-state index in [1.807, 2.05) is 27.5 Å². The zero-order valence-corrected chi connectivity index (χ0v) is 23.9. The first-order valence-electron chi connectivity index (χ1n) is 14.6. The van der Waals surface area contributed by atoms with Crippen LogP contribution in [0.15, 0.2) is 85.5 Å². The van der Waals surface area contributed by atoms with Crippen LogP contribution < -0.4 is 10.6 Å². The van der Waals surface area contributed by atoms with E-state index >= 15 is 0 Å². The Kier molecular flexibility index (Phi) is 7.01. The molecule has 0 amide bonds. The lowest BCUT2D eigenvalue weighted by atomic mass is 10.0. The largest absolute Gasteiger partial charge is 0.382 e. The molecule has 5 heterocycles. The smallest absolute Gasteiger partial charge is 0.151 e. The van der Waals surface area contributed by atoms with Crippen LogP contribution in [-0.2, 0) is 13.0 Å². The second kappa shape index (κ2) is 11.3. The van der Waals surface area contributed by atoms with Crippen molar-refractivity contribution in [1.82, 2.24) is 34.3 Å². The number of piperazine rings is 1. The topological polar surface area (TPSA) is 93.4 Å². The molecule has 6 aromatic rings. The molecule has 1 fully saturated rings. The van der Waals surface area contributed by atoms with Crippen LogP contribution in [0.1, 0.15) is 23.2 Å². The van der Waals surface area contributed by atoms with Gasteiger partial charge in [-0.15, -0.1) is 0 Å². The molecule has 7 rings (SSSR count). The lowest BCUT2D eigenvalue weighted by Gasteiger charge is -2.36. The summed E-state index contributed by atoms with van der Waals surface area (Å²) in [5.74, 6) is 1.60. The summed E-state index contributed by atoms with van der Waals surface area (Å²) in [5.41, 5.74) is 14.0. The van der Waals surface area contributed by atoms with Gasteiger partial charge in [0.1, 0.15) is 17.7 Å². The Labute approximate surface area is 245 Å². The van der Waals surface area contributed by atoms with Crippen molar-refractivity contribution >= 4 is 28.1 Å². The Morgan fingerprint density at radius 1 is 0.905 bits per heavy atom. The minimum atomic E-state index is 0.488. The Morgan fingerprint density at radius 2 is 1.76 bits per heavy atom. The number of nitrogens with zero attached hydrogens (tertiary/aromatic N) is 8. The van der Waals surface area contributed by atoms with Gasteiger partial charge >= 0.3 is 0 Å². The molecule has 0 unspecified atom stereocenters. The number of nitrogens with two attached hydrogens (primary N) is 1. The molecular formula is C33H35N9. The second-order valence-corrected chi connectivity index (χ2v) is 11.1. The minimum Gasteiger partial charge on any atom is -0.382 e. The predicted octanol–water partition coefficient (Wildman–Crippen LogP) is 4.83. The summed E-state index contributed by atoms with van der Waals surface area (Å²) in [5, 5.41) is 10.6. The average molecular weight is 558 g/mol. The molecule has 9 nitrogen and oxygen atoms in total. The summed E-state index contributed by atoms with van der Waals surface area (Å²) in [6.07, 6.45) is 7.48. The van der Waals surface area contributed by atoms with E-state index in [4.69, 9.17) is 10.8 Å². The van der Waals surface area contributed by atoms with Crippen molar-refractivity contribution in [3.05, 3.63) is 102 Å². The van der Waals surface area contributed by atoms with E-state index in [1.54, 1.807) is 6.33 Å². The van der Waals surface area contributed by atoms with Crippen LogP contribution in [0.5, 0.6) is 0 Å². The maximum absolute atomic E-state index is 6.42. The highest BCUT2D eigenvalue weighted by molar-refractivity contribution is 5.92.